The number of piperidine rings is 1. The van der Waals surface area contributed by atoms with E-state index < -0.39 is 10.0 Å². The lowest BCUT2D eigenvalue weighted by Crippen LogP contribution is -2.48. The zero-order chi connectivity index (χ0) is 18.0. The Morgan fingerprint density at radius 2 is 1.96 bits per heavy atom. The standard InChI is InChI=1S/C18H23N3O3S/c1-13-3-5-16(6-4-13)25(23,24)21-10-8-15(12-21)18(22)20-17-7-9-19-11-14(17)2/h3-6,8,10,12,14,17,19H,7,9,11H2,1-2H3,(H,20,22). The topological polar surface area (TPSA) is 80.2 Å². The second-order valence-corrected chi connectivity index (χ2v) is 8.44. The summed E-state index contributed by atoms with van der Waals surface area (Å²) in [5.41, 5.74) is 1.34. The van der Waals surface area contributed by atoms with Gasteiger partial charge in [-0.3, -0.25) is 4.79 Å². The molecule has 0 saturated carbocycles. The van der Waals surface area contributed by atoms with Crippen molar-refractivity contribution >= 4 is 15.9 Å². The first-order valence-corrected chi connectivity index (χ1v) is 9.84. The molecule has 1 amide bonds. The second-order valence-electron chi connectivity index (χ2n) is 6.60. The number of nitrogens with zero attached hydrogens (tertiary/aromatic N) is 1. The molecule has 134 valence electrons. The predicted molar refractivity (Wildman–Crippen MR) is 96.1 cm³/mol. The van der Waals surface area contributed by atoms with Gasteiger partial charge in [0.05, 0.1) is 10.5 Å². The molecule has 1 aromatic heterocycles. The highest BCUT2D eigenvalue weighted by Crippen LogP contribution is 2.17. The third-order valence-corrected chi connectivity index (χ3v) is 6.28. The smallest absolute Gasteiger partial charge is 0.267 e. The minimum absolute atomic E-state index is 0.103. The molecule has 0 bridgehead atoms. The monoisotopic (exact) mass is 361 g/mol. The molecule has 7 heteroatoms. The largest absolute Gasteiger partial charge is 0.349 e. The Balaban J connectivity index is 1.77. The maximum Gasteiger partial charge on any atom is 0.267 e. The molecule has 1 saturated heterocycles. The highest BCUT2D eigenvalue weighted by Gasteiger charge is 2.24. The number of aryl methyl sites for hydroxylation is 1. The summed E-state index contributed by atoms with van der Waals surface area (Å²) in [7, 11) is -3.69. The van der Waals surface area contributed by atoms with E-state index in [9.17, 15) is 13.2 Å². The molecule has 1 aromatic carbocycles. The first-order chi connectivity index (χ1) is 11.9. The van der Waals surface area contributed by atoms with Crippen LogP contribution in [0.5, 0.6) is 0 Å². The van der Waals surface area contributed by atoms with Gasteiger partial charge in [-0.05, 0) is 50.6 Å². The normalized spacial score (nSPS) is 21.0. The van der Waals surface area contributed by atoms with Crippen molar-refractivity contribution in [2.24, 2.45) is 5.92 Å². The van der Waals surface area contributed by atoms with Gasteiger partial charge in [0.2, 0.25) is 0 Å². The molecule has 6 nitrogen and oxygen atoms in total. The molecule has 25 heavy (non-hydrogen) atoms. The molecule has 1 fully saturated rings. The minimum Gasteiger partial charge on any atom is -0.349 e. The number of rotatable bonds is 4. The SMILES string of the molecule is Cc1ccc(S(=O)(=O)n2ccc(C(=O)NC3CCNCC3C)c2)cc1. The van der Waals surface area contributed by atoms with Crippen LogP contribution in [0.4, 0.5) is 0 Å². The predicted octanol–water partition coefficient (Wildman–Crippen LogP) is 1.76. The summed E-state index contributed by atoms with van der Waals surface area (Å²) in [5.74, 6) is 0.104. The Kier molecular flexibility index (Phi) is 4.96. The molecule has 2 heterocycles. The van der Waals surface area contributed by atoms with Crippen molar-refractivity contribution in [3.63, 3.8) is 0 Å². The number of carbonyl (C=O) groups excluding carboxylic acids is 1. The van der Waals surface area contributed by atoms with Crippen molar-refractivity contribution in [3.8, 4) is 0 Å². The van der Waals surface area contributed by atoms with E-state index in [1.54, 1.807) is 24.3 Å². The Morgan fingerprint density at radius 3 is 2.64 bits per heavy atom. The van der Waals surface area contributed by atoms with Crippen molar-refractivity contribution in [1.82, 2.24) is 14.6 Å². The molecule has 2 unspecified atom stereocenters. The van der Waals surface area contributed by atoms with E-state index in [-0.39, 0.29) is 16.8 Å². The van der Waals surface area contributed by atoms with Crippen LogP contribution in [0.2, 0.25) is 0 Å². The molecule has 3 rings (SSSR count). The van der Waals surface area contributed by atoms with Gasteiger partial charge >= 0.3 is 0 Å². The maximum atomic E-state index is 12.6. The Bertz CT molecular complexity index is 856. The van der Waals surface area contributed by atoms with E-state index in [2.05, 4.69) is 17.6 Å². The van der Waals surface area contributed by atoms with Crippen LogP contribution in [0.25, 0.3) is 0 Å². The molecule has 0 aliphatic carbocycles. The molecule has 1 aliphatic rings. The van der Waals surface area contributed by atoms with Gasteiger partial charge in [-0.15, -0.1) is 0 Å². The molecule has 2 N–H and O–H groups in total. The van der Waals surface area contributed by atoms with Gasteiger partial charge in [0.1, 0.15) is 0 Å². The molecule has 2 aromatic rings. The van der Waals surface area contributed by atoms with E-state index in [1.165, 1.54) is 18.5 Å². The summed E-state index contributed by atoms with van der Waals surface area (Å²) in [4.78, 5) is 12.6. The average molecular weight is 361 g/mol. The quantitative estimate of drug-likeness (QED) is 0.870. The third-order valence-electron chi connectivity index (χ3n) is 4.63. The van der Waals surface area contributed by atoms with E-state index >= 15 is 0 Å². The van der Waals surface area contributed by atoms with Crippen LogP contribution in [0.3, 0.4) is 0 Å². The van der Waals surface area contributed by atoms with Gasteiger partial charge in [-0.2, -0.15) is 0 Å². The number of aromatic nitrogens is 1. The van der Waals surface area contributed by atoms with Gasteiger partial charge < -0.3 is 10.6 Å². The fourth-order valence-corrected chi connectivity index (χ4v) is 4.17. The van der Waals surface area contributed by atoms with Gasteiger partial charge in [0.15, 0.2) is 0 Å². The van der Waals surface area contributed by atoms with Crippen molar-refractivity contribution in [2.75, 3.05) is 13.1 Å². The van der Waals surface area contributed by atoms with Gasteiger partial charge in [-0.1, -0.05) is 24.6 Å². The van der Waals surface area contributed by atoms with Crippen LogP contribution in [0, 0.1) is 12.8 Å². The fourth-order valence-electron chi connectivity index (χ4n) is 2.97. The molecule has 1 aliphatic heterocycles. The maximum absolute atomic E-state index is 12.6. The third kappa shape index (κ3) is 3.77. The van der Waals surface area contributed by atoms with Gasteiger partial charge in [-0.25, -0.2) is 12.4 Å². The van der Waals surface area contributed by atoms with Crippen LogP contribution in [-0.2, 0) is 10.0 Å². The zero-order valence-electron chi connectivity index (χ0n) is 14.4. The zero-order valence-corrected chi connectivity index (χ0v) is 15.2. The van der Waals surface area contributed by atoms with Crippen molar-refractivity contribution in [2.45, 2.75) is 31.2 Å². The second kappa shape index (κ2) is 7.01. The van der Waals surface area contributed by atoms with E-state index in [4.69, 9.17) is 0 Å². The Hall–Kier alpha value is -2.12. The summed E-state index contributed by atoms with van der Waals surface area (Å²) in [6.07, 6.45) is 3.65. The number of carbonyl (C=O) groups is 1. The summed E-state index contributed by atoms with van der Waals surface area (Å²) >= 11 is 0. The van der Waals surface area contributed by atoms with Gasteiger partial charge in [0.25, 0.3) is 15.9 Å². The van der Waals surface area contributed by atoms with E-state index in [0.717, 1.165) is 29.0 Å². The van der Waals surface area contributed by atoms with E-state index in [0.29, 0.717) is 11.5 Å². The Labute approximate surface area is 148 Å². The number of hydrogen-bond acceptors (Lipinski definition) is 4. The van der Waals surface area contributed by atoms with Crippen LogP contribution in [-0.4, -0.2) is 37.4 Å². The number of amides is 1. The van der Waals surface area contributed by atoms with Crippen molar-refractivity contribution in [1.29, 1.82) is 0 Å². The highest BCUT2D eigenvalue weighted by atomic mass is 32.2. The summed E-state index contributed by atoms with van der Waals surface area (Å²) in [6, 6.07) is 8.28. The van der Waals surface area contributed by atoms with Crippen LogP contribution in [0.15, 0.2) is 47.6 Å². The summed E-state index contributed by atoms with van der Waals surface area (Å²) < 4.78 is 26.4. The van der Waals surface area contributed by atoms with Gasteiger partial charge in [0, 0.05) is 18.4 Å². The molecule has 0 spiro atoms. The highest BCUT2D eigenvalue weighted by molar-refractivity contribution is 7.90. The fraction of sp³-hybridized carbons (Fsp3) is 0.389. The molecule has 2 atom stereocenters. The molecular weight excluding hydrogens is 338 g/mol. The van der Waals surface area contributed by atoms with Crippen molar-refractivity contribution in [3.05, 3.63) is 53.9 Å². The lowest BCUT2D eigenvalue weighted by atomic mass is 9.95. The molecule has 0 radical (unpaired) electrons. The van der Waals surface area contributed by atoms with E-state index in [1.807, 2.05) is 6.92 Å². The number of nitrogens with one attached hydrogen (secondary N) is 2. The number of benzene rings is 1. The van der Waals surface area contributed by atoms with Crippen molar-refractivity contribution < 1.29 is 13.2 Å². The minimum atomic E-state index is -3.69. The first kappa shape index (κ1) is 17.7. The molecular formula is C18H23N3O3S. The summed E-state index contributed by atoms with van der Waals surface area (Å²) in [5, 5.41) is 6.30. The first-order valence-electron chi connectivity index (χ1n) is 8.40. The summed E-state index contributed by atoms with van der Waals surface area (Å²) in [6.45, 7) is 5.73. The average Bonchev–Trinajstić information content (AvgIpc) is 3.08. The number of hydrogen-bond donors (Lipinski definition) is 2. The van der Waals surface area contributed by atoms with Crippen LogP contribution >= 0.6 is 0 Å². The van der Waals surface area contributed by atoms with Crippen LogP contribution in [0.1, 0.15) is 29.3 Å². The lowest BCUT2D eigenvalue weighted by molar-refractivity contribution is 0.0914. The van der Waals surface area contributed by atoms with Crippen LogP contribution < -0.4 is 10.6 Å². The lowest BCUT2D eigenvalue weighted by Gasteiger charge is -2.30. The Morgan fingerprint density at radius 1 is 1.24 bits per heavy atom.